The van der Waals surface area contributed by atoms with Crippen molar-refractivity contribution in [3.63, 3.8) is 0 Å². The summed E-state index contributed by atoms with van der Waals surface area (Å²) < 4.78 is 0. The van der Waals surface area contributed by atoms with Crippen LogP contribution in [0.5, 0.6) is 0 Å². The highest BCUT2D eigenvalue weighted by atomic mass is 16.4. The minimum absolute atomic E-state index is 0.422. The van der Waals surface area contributed by atoms with E-state index in [0.717, 1.165) is 17.9 Å². The summed E-state index contributed by atoms with van der Waals surface area (Å²) in [5, 5.41) is 12.2. The van der Waals surface area contributed by atoms with Gasteiger partial charge in [-0.2, -0.15) is 0 Å². The van der Waals surface area contributed by atoms with E-state index in [2.05, 4.69) is 15.3 Å². The fraction of sp³-hybridized carbons (Fsp3) is 0.545. The van der Waals surface area contributed by atoms with E-state index >= 15 is 0 Å². The maximum absolute atomic E-state index is 11.2. The molecule has 6 nitrogen and oxygen atoms in total. The number of aliphatic carboxylic acids is 1. The molecule has 0 spiro atoms. The Kier molecular flexibility index (Phi) is 3.23. The first-order chi connectivity index (χ1) is 8.08. The van der Waals surface area contributed by atoms with Gasteiger partial charge in [0.15, 0.2) is 0 Å². The van der Waals surface area contributed by atoms with E-state index in [9.17, 15) is 9.90 Å². The predicted molar refractivity (Wildman–Crippen MR) is 63.1 cm³/mol. The molecule has 1 aliphatic heterocycles. The number of rotatable bonds is 2. The number of nitrogens with one attached hydrogen (secondary N) is 1. The van der Waals surface area contributed by atoms with Crippen LogP contribution in [-0.2, 0) is 4.79 Å². The molecule has 2 N–H and O–H groups in total. The number of nitrogens with zero attached hydrogens (tertiary/aromatic N) is 3. The molecule has 1 aliphatic rings. The standard InChI is InChI=1S/C11H16N4O2/c1-7-5-8(2)14-11(13-7)15-4-3-12-6-9(15)10(16)17/h5,9,12H,3-4,6H2,1-2H3,(H,16,17)/t9-/m0/s1. The molecule has 1 aromatic rings. The van der Waals surface area contributed by atoms with Crippen LogP contribution in [0, 0.1) is 13.8 Å². The number of aromatic nitrogens is 2. The summed E-state index contributed by atoms with van der Waals surface area (Å²) in [5.41, 5.74) is 1.71. The van der Waals surface area contributed by atoms with E-state index in [4.69, 9.17) is 0 Å². The van der Waals surface area contributed by atoms with Crippen molar-refractivity contribution in [2.24, 2.45) is 0 Å². The number of anilines is 1. The van der Waals surface area contributed by atoms with Gasteiger partial charge in [0, 0.05) is 31.0 Å². The van der Waals surface area contributed by atoms with Crippen LogP contribution in [0.15, 0.2) is 6.07 Å². The van der Waals surface area contributed by atoms with Crippen molar-refractivity contribution in [3.05, 3.63) is 17.5 Å². The Labute approximate surface area is 99.7 Å². The lowest BCUT2D eigenvalue weighted by atomic mass is 10.2. The van der Waals surface area contributed by atoms with Crippen LogP contribution >= 0.6 is 0 Å². The normalized spacial score (nSPS) is 20.4. The second-order valence-corrected chi connectivity index (χ2v) is 4.20. The molecular formula is C11H16N4O2. The molecule has 17 heavy (non-hydrogen) atoms. The molecule has 0 aromatic carbocycles. The van der Waals surface area contributed by atoms with Crippen LogP contribution < -0.4 is 10.2 Å². The smallest absolute Gasteiger partial charge is 0.327 e. The van der Waals surface area contributed by atoms with Crippen molar-refractivity contribution in [1.82, 2.24) is 15.3 Å². The van der Waals surface area contributed by atoms with Gasteiger partial charge in [-0.15, -0.1) is 0 Å². The van der Waals surface area contributed by atoms with E-state index in [1.165, 1.54) is 0 Å². The van der Waals surface area contributed by atoms with Gasteiger partial charge in [-0.05, 0) is 19.9 Å². The zero-order chi connectivity index (χ0) is 12.4. The SMILES string of the molecule is Cc1cc(C)nc(N2CCNC[C@H]2C(=O)O)n1. The van der Waals surface area contributed by atoms with Crippen molar-refractivity contribution in [1.29, 1.82) is 0 Å². The Morgan fingerprint density at radius 3 is 2.71 bits per heavy atom. The van der Waals surface area contributed by atoms with Gasteiger partial charge in [0.1, 0.15) is 6.04 Å². The fourth-order valence-corrected chi connectivity index (χ4v) is 2.00. The Morgan fingerprint density at radius 1 is 1.47 bits per heavy atom. The maximum atomic E-state index is 11.2. The number of carboxylic acids is 1. The summed E-state index contributed by atoms with van der Waals surface area (Å²) in [6, 6.07) is 1.28. The fourth-order valence-electron chi connectivity index (χ4n) is 2.00. The van der Waals surface area contributed by atoms with Crippen LogP contribution in [0.25, 0.3) is 0 Å². The monoisotopic (exact) mass is 236 g/mol. The molecule has 0 saturated carbocycles. The molecule has 0 amide bonds. The van der Waals surface area contributed by atoms with Crippen LogP contribution in [0.1, 0.15) is 11.4 Å². The van der Waals surface area contributed by atoms with Crippen LogP contribution in [-0.4, -0.2) is 46.7 Å². The molecule has 1 aromatic heterocycles. The quantitative estimate of drug-likeness (QED) is 0.750. The summed E-state index contributed by atoms with van der Waals surface area (Å²) in [6.45, 7) is 5.55. The molecule has 1 fully saturated rings. The lowest BCUT2D eigenvalue weighted by Crippen LogP contribution is -2.55. The van der Waals surface area contributed by atoms with E-state index in [0.29, 0.717) is 19.0 Å². The van der Waals surface area contributed by atoms with Crippen LogP contribution in [0.2, 0.25) is 0 Å². The topological polar surface area (TPSA) is 78.4 Å². The molecular weight excluding hydrogens is 220 g/mol. The highest BCUT2D eigenvalue weighted by Gasteiger charge is 2.30. The van der Waals surface area contributed by atoms with Crippen molar-refractivity contribution in [2.75, 3.05) is 24.5 Å². The molecule has 0 bridgehead atoms. The van der Waals surface area contributed by atoms with Gasteiger partial charge >= 0.3 is 5.97 Å². The summed E-state index contributed by atoms with van der Waals surface area (Å²) >= 11 is 0. The first-order valence-electron chi connectivity index (χ1n) is 5.60. The first kappa shape index (κ1) is 11.8. The minimum atomic E-state index is -0.847. The van der Waals surface area contributed by atoms with E-state index in [1.54, 1.807) is 4.90 Å². The van der Waals surface area contributed by atoms with Gasteiger partial charge in [0.05, 0.1) is 0 Å². The second-order valence-electron chi connectivity index (χ2n) is 4.20. The van der Waals surface area contributed by atoms with Crippen LogP contribution in [0.3, 0.4) is 0 Å². The van der Waals surface area contributed by atoms with Gasteiger partial charge in [-0.3, -0.25) is 0 Å². The third kappa shape index (κ3) is 2.52. The zero-order valence-corrected chi connectivity index (χ0v) is 9.97. The third-order valence-corrected chi connectivity index (χ3v) is 2.76. The van der Waals surface area contributed by atoms with Gasteiger partial charge in [-0.25, -0.2) is 14.8 Å². The number of carboxylic acid groups (broad SMARTS) is 1. The summed E-state index contributed by atoms with van der Waals surface area (Å²) in [7, 11) is 0. The molecule has 0 aliphatic carbocycles. The van der Waals surface area contributed by atoms with Crippen molar-refractivity contribution in [2.45, 2.75) is 19.9 Å². The molecule has 0 unspecified atom stereocenters. The van der Waals surface area contributed by atoms with E-state index in [1.807, 2.05) is 19.9 Å². The largest absolute Gasteiger partial charge is 0.480 e. The minimum Gasteiger partial charge on any atom is -0.480 e. The number of hydrogen-bond donors (Lipinski definition) is 2. The van der Waals surface area contributed by atoms with Crippen LogP contribution in [0.4, 0.5) is 5.95 Å². The van der Waals surface area contributed by atoms with Crippen molar-refractivity contribution < 1.29 is 9.90 Å². The highest BCUT2D eigenvalue weighted by Crippen LogP contribution is 2.14. The highest BCUT2D eigenvalue weighted by molar-refractivity contribution is 5.78. The van der Waals surface area contributed by atoms with Gasteiger partial charge in [-0.1, -0.05) is 0 Å². The predicted octanol–water partition coefficient (Wildman–Crippen LogP) is -0.0438. The molecule has 6 heteroatoms. The molecule has 0 radical (unpaired) electrons. The maximum Gasteiger partial charge on any atom is 0.327 e. The summed E-state index contributed by atoms with van der Waals surface area (Å²) in [6.07, 6.45) is 0. The van der Waals surface area contributed by atoms with Crippen molar-refractivity contribution >= 4 is 11.9 Å². The Morgan fingerprint density at radius 2 is 2.12 bits per heavy atom. The molecule has 1 saturated heterocycles. The number of carbonyl (C=O) groups is 1. The third-order valence-electron chi connectivity index (χ3n) is 2.76. The summed E-state index contributed by atoms with van der Waals surface area (Å²) in [5.74, 6) is -0.337. The van der Waals surface area contributed by atoms with Gasteiger partial charge < -0.3 is 15.3 Å². The number of aryl methyl sites for hydroxylation is 2. The number of piperazine rings is 1. The molecule has 2 rings (SSSR count). The van der Waals surface area contributed by atoms with Gasteiger partial charge in [0.25, 0.3) is 0 Å². The summed E-state index contributed by atoms with van der Waals surface area (Å²) in [4.78, 5) is 21.5. The molecule has 1 atom stereocenters. The average Bonchev–Trinajstić information content (AvgIpc) is 2.27. The second kappa shape index (κ2) is 4.67. The van der Waals surface area contributed by atoms with Gasteiger partial charge in [0.2, 0.25) is 5.95 Å². The Bertz CT molecular complexity index is 415. The number of hydrogen-bond acceptors (Lipinski definition) is 5. The van der Waals surface area contributed by atoms with E-state index in [-0.39, 0.29) is 0 Å². The zero-order valence-electron chi connectivity index (χ0n) is 9.97. The lowest BCUT2D eigenvalue weighted by Gasteiger charge is -2.33. The average molecular weight is 236 g/mol. The molecule has 2 heterocycles. The first-order valence-corrected chi connectivity index (χ1v) is 5.60. The lowest BCUT2D eigenvalue weighted by molar-refractivity contribution is -0.138. The van der Waals surface area contributed by atoms with E-state index < -0.39 is 12.0 Å². The Balaban J connectivity index is 2.32. The Hall–Kier alpha value is -1.69. The molecule has 92 valence electrons. The van der Waals surface area contributed by atoms with Crippen molar-refractivity contribution in [3.8, 4) is 0 Å².